The summed E-state index contributed by atoms with van der Waals surface area (Å²) < 4.78 is 1.73. The van der Waals surface area contributed by atoms with Crippen molar-refractivity contribution in [3.8, 4) is 0 Å². The van der Waals surface area contributed by atoms with Crippen molar-refractivity contribution >= 4 is 22.4 Å². The van der Waals surface area contributed by atoms with Crippen LogP contribution in [0.3, 0.4) is 0 Å². The number of anilines is 2. The molecular weight excluding hydrogens is 204 g/mol. The molecular formula is C10H10N6. The molecule has 0 aromatic carbocycles. The highest BCUT2D eigenvalue weighted by atomic mass is 15.3. The first-order valence-electron chi connectivity index (χ1n) is 4.86. The zero-order valence-corrected chi connectivity index (χ0v) is 8.68. The van der Waals surface area contributed by atoms with Crippen LogP contribution < -0.4 is 5.32 Å². The predicted molar refractivity (Wildman–Crippen MR) is 60.4 cm³/mol. The highest BCUT2D eigenvalue weighted by molar-refractivity contribution is 5.80. The Hall–Kier alpha value is -2.37. The molecule has 0 saturated carbocycles. The van der Waals surface area contributed by atoms with Crippen LogP contribution in [0.25, 0.3) is 10.9 Å². The van der Waals surface area contributed by atoms with E-state index in [1.807, 2.05) is 19.3 Å². The number of rotatable bonds is 2. The van der Waals surface area contributed by atoms with Crippen molar-refractivity contribution in [3.63, 3.8) is 0 Å². The smallest absolute Gasteiger partial charge is 0.132 e. The summed E-state index contributed by atoms with van der Waals surface area (Å²) in [5, 5.41) is 15.1. The van der Waals surface area contributed by atoms with E-state index in [2.05, 4.69) is 25.6 Å². The third-order valence-corrected chi connectivity index (χ3v) is 2.30. The molecule has 0 radical (unpaired) electrons. The fourth-order valence-corrected chi connectivity index (χ4v) is 1.54. The Kier molecular flexibility index (Phi) is 1.86. The second-order valence-corrected chi connectivity index (χ2v) is 3.55. The van der Waals surface area contributed by atoms with Crippen molar-refractivity contribution in [2.24, 2.45) is 7.05 Å². The third kappa shape index (κ3) is 1.50. The molecule has 3 aromatic heterocycles. The average molecular weight is 214 g/mol. The third-order valence-electron chi connectivity index (χ3n) is 2.30. The van der Waals surface area contributed by atoms with Crippen molar-refractivity contribution in [1.82, 2.24) is 25.0 Å². The minimum Gasteiger partial charge on any atom is -0.338 e. The number of aryl methyl sites for hydroxylation is 1. The van der Waals surface area contributed by atoms with Gasteiger partial charge in [0.25, 0.3) is 0 Å². The van der Waals surface area contributed by atoms with Gasteiger partial charge >= 0.3 is 0 Å². The summed E-state index contributed by atoms with van der Waals surface area (Å²) in [6.45, 7) is 0. The lowest BCUT2D eigenvalue weighted by molar-refractivity contribution is 0.768. The number of aromatic amines is 1. The van der Waals surface area contributed by atoms with Gasteiger partial charge in [0.2, 0.25) is 0 Å². The van der Waals surface area contributed by atoms with Crippen LogP contribution in [-0.2, 0) is 7.05 Å². The van der Waals surface area contributed by atoms with Crippen molar-refractivity contribution in [1.29, 1.82) is 0 Å². The van der Waals surface area contributed by atoms with Gasteiger partial charge in [-0.25, -0.2) is 4.98 Å². The van der Waals surface area contributed by atoms with Crippen LogP contribution in [0.4, 0.5) is 11.5 Å². The number of hydrogen-bond donors (Lipinski definition) is 2. The van der Waals surface area contributed by atoms with E-state index in [-0.39, 0.29) is 0 Å². The summed E-state index contributed by atoms with van der Waals surface area (Å²) >= 11 is 0. The van der Waals surface area contributed by atoms with E-state index in [1.54, 1.807) is 23.3 Å². The molecule has 3 aromatic rings. The first-order chi connectivity index (χ1) is 7.81. The topological polar surface area (TPSA) is 71.4 Å². The van der Waals surface area contributed by atoms with Crippen molar-refractivity contribution in [2.75, 3.05) is 5.32 Å². The zero-order valence-electron chi connectivity index (χ0n) is 8.68. The molecule has 3 heterocycles. The van der Waals surface area contributed by atoms with Gasteiger partial charge < -0.3 is 5.32 Å². The van der Waals surface area contributed by atoms with Gasteiger partial charge in [-0.2, -0.15) is 10.2 Å². The second kappa shape index (κ2) is 3.34. The monoisotopic (exact) mass is 214 g/mol. The van der Waals surface area contributed by atoms with Gasteiger partial charge in [-0.1, -0.05) is 0 Å². The minimum atomic E-state index is 0.768. The normalized spacial score (nSPS) is 10.8. The van der Waals surface area contributed by atoms with Gasteiger partial charge in [0.15, 0.2) is 0 Å². The number of pyridine rings is 1. The Morgan fingerprint density at radius 2 is 2.25 bits per heavy atom. The summed E-state index contributed by atoms with van der Waals surface area (Å²) in [5.41, 5.74) is 1.87. The fraction of sp³-hybridized carbons (Fsp3) is 0.100. The Bertz CT molecular complexity index is 623. The van der Waals surface area contributed by atoms with E-state index >= 15 is 0 Å². The van der Waals surface area contributed by atoms with Crippen LogP contribution in [0.15, 0.2) is 30.9 Å². The number of fused-ring (bicyclic) bond motifs is 1. The summed E-state index contributed by atoms with van der Waals surface area (Å²) in [7, 11) is 1.87. The maximum absolute atomic E-state index is 4.28. The van der Waals surface area contributed by atoms with E-state index in [0.29, 0.717) is 0 Å². The molecule has 0 saturated heterocycles. The standard InChI is InChI=1S/C10H10N6/c1-16-6-8(5-13-16)14-10-2-9-7(3-11-10)4-12-15-9/h2-6H,1H3,(H,11,14)(H,12,15). The molecule has 6 nitrogen and oxygen atoms in total. The molecule has 0 amide bonds. The van der Waals surface area contributed by atoms with E-state index in [9.17, 15) is 0 Å². The quantitative estimate of drug-likeness (QED) is 0.677. The molecule has 80 valence electrons. The number of nitrogens with zero attached hydrogens (tertiary/aromatic N) is 4. The molecule has 0 atom stereocenters. The van der Waals surface area contributed by atoms with Crippen LogP contribution in [-0.4, -0.2) is 25.0 Å². The lowest BCUT2D eigenvalue weighted by Gasteiger charge is -2.01. The number of H-pyrrole nitrogens is 1. The van der Waals surface area contributed by atoms with E-state index in [1.165, 1.54) is 0 Å². The van der Waals surface area contributed by atoms with Crippen LogP contribution in [0.5, 0.6) is 0 Å². The molecule has 3 rings (SSSR count). The fourth-order valence-electron chi connectivity index (χ4n) is 1.54. The number of aromatic nitrogens is 5. The maximum atomic E-state index is 4.28. The molecule has 6 heteroatoms. The Morgan fingerprint density at radius 3 is 3.06 bits per heavy atom. The van der Waals surface area contributed by atoms with Crippen molar-refractivity contribution in [3.05, 3.63) is 30.9 Å². The van der Waals surface area contributed by atoms with Gasteiger partial charge in [-0.05, 0) is 0 Å². The van der Waals surface area contributed by atoms with Gasteiger partial charge in [0, 0.05) is 30.9 Å². The van der Waals surface area contributed by atoms with Crippen LogP contribution in [0, 0.1) is 0 Å². The first kappa shape index (κ1) is 8.90. The largest absolute Gasteiger partial charge is 0.338 e. The Balaban J connectivity index is 1.94. The minimum absolute atomic E-state index is 0.768. The maximum Gasteiger partial charge on any atom is 0.132 e. The van der Waals surface area contributed by atoms with Gasteiger partial charge in [-0.3, -0.25) is 9.78 Å². The van der Waals surface area contributed by atoms with Crippen LogP contribution in [0.2, 0.25) is 0 Å². The van der Waals surface area contributed by atoms with E-state index < -0.39 is 0 Å². The number of nitrogens with one attached hydrogen (secondary N) is 2. The van der Waals surface area contributed by atoms with Crippen molar-refractivity contribution in [2.45, 2.75) is 0 Å². The van der Waals surface area contributed by atoms with E-state index in [4.69, 9.17) is 0 Å². The lowest BCUT2D eigenvalue weighted by atomic mass is 10.3. The second-order valence-electron chi connectivity index (χ2n) is 3.55. The van der Waals surface area contributed by atoms with Gasteiger partial charge in [0.05, 0.1) is 23.6 Å². The zero-order chi connectivity index (χ0) is 11.0. The molecule has 0 aliphatic rings. The Labute approximate surface area is 91.3 Å². The summed E-state index contributed by atoms with van der Waals surface area (Å²) in [5.74, 6) is 0.768. The molecule has 0 aliphatic carbocycles. The molecule has 2 N–H and O–H groups in total. The summed E-state index contributed by atoms with van der Waals surface area (Å²) in [4.78, 5) is 4.28. The van der Waals surface area contributed by atoms with Crippen LogP contribution >= 0.6 is 0 Å². The predicted octanol–water partition coefficient (Wildman–Crippen LogP) is 1.43. The number of hydrogen-bond acceptors (Lipinski definition) is 4. The highest BCUT2D eigenvalue weighted by Gasteiger charge is 2.01. The summed E-state index contributed by atoms with van der Waals surface area (Å²) in [6.07, 6.45) is 7.16. The van der Waals surface area contributed by atoms with Crippen LogP contribution in [0.1, 0.15) is 0 Å². The Morgan fingerprint density at radius 1 is 1.31 bits per heavy atom. The first-order valence-corrected chi connectivity index (χ1v) is 4.86. The van der Waals surface area contributed by atoms with Gasteiger partial charge in [-0.15, -0.1) is 0 Å². The lowest BCUT2D eigenvalue weighted by Crippen LogP contribution is -1.91. The molecule has 0 fully saturated rings. The molecule has 0 bridgehead atoms. The summed E-state index contributed by atoms with van der Waals surface area (Å²) in [6, 6.07) is 1.91. The molecule has 0 aliphatic heterocycles. The average Bonchev–Trinajstić information content (AvgIpc) is 2.87. The van der Waals surface area contributed by atoms with E-state index in [0.717, 1.165) is 22.4 Å². The van der Waals surface area contributed by atoms with Gasteiger partial charge in [0.1, 0.15) is 5.82 Å². The molecule has 16 heavy (non-hydrogen) atoms. The SMILES string of the molecule is Cn1cc(Nc2cc3[nH]ncc3cn2)cn1. The van der Waals surface area contributed by atoms with Crippen molar-refractivity contribution < 1.29 is 0 Å². The molecule has 0 unspecified atom stereocenters. The highest BCUT2D eigenvalue weighted by Crippen LogP contribution is 2.17. The molecule has 0 spiro atoms.